The molecule has 1 aromatic carbocycles. The third-order valence-corrected chi connectivity index (χ3v) is 4.09. The van der Waals surface area contributed by atoms with Crippen LogP contribution in [0.5, 0.6) is 0 Å². The molecule has 0 aliphatic carbocycles. The maximum atomic E-state index is 12.3. The first-order valence-corrected chi connectivity index (χ1v) is 7.58. The zero-order valence-electron chi connectivity index (χ0n) is 13.1. The summed E-state index contributed by atoms with van der Waals surface area (Å²) in [6.45, 7) is 5.04. The second-order valence-corrected chi connectivity index (χ2v) is 5.90. The van der Waals surface area contributed by atoms with Crippen LogP contribution >= 0.6 is 0 Å². The molecule has 2 atom stereocenters. The molecule has 0 fully saturated rings. The van der Waals surface area contributed by atoms with Gasteiger partial charge in [-0.1, -0.05) is 38.5 Å². The third-order valence-electron chi connectivity index (χ3n) is 4.09. The van der Waals surface area contributed by atoms with E-state index in [1.54, 1.807) is 4.90 Å². The Balaban J connectivity index is 2.03. The zero-order valence-corrected chi connectivity index (χ0v) is 13.1. The largest absolute Gasteiger partial charge is 0.361 e. The molecule has 0 radical (unpaired) electrons. The fraction of sp³-hybridized carbons (Fsp3) is 0.471. The second-order valence-electron chi connectivity index (χ2n) is 5.90. The molecule has 0 saturated carbocycles. The van der Waals surface area contributed by atoms with Gasteiger partial charge in [0.2, 0.25) is 5.91 Å². The van der Waals surface area contributed by atoms with Crippen molar-refractivity contribution in [1.29, 1.82) is 0 Å². The molecule has 1 heterocycles. The molecule has 114 valence electrons. The van der Waals surface area contributed by atoms with E-state index in [0.717, 1.165) is 29.4 Å². The van der Waals surface area contributed by atoms with Crippen molar-refractivity contribution in [2.45, 2.75) is 32.7 Å². The standard InChI is InChI=1S/C17H25N3O/c1-4-12(2)11-20(3)17(21)15(18)9-13-10-19-16-8-6-5-7-14(13)16/h5-8,10,12,15,19H,4,9,11,18H2,1-3H3. The van der Waals surface area contributed by atoms with Crippen LogP contribution in [0.1, 0.15) is 25.8 Å². The molecule has 4 heteroatoms. The van der Waals surface area contributed by atoms with Gasteiger partial charge in [-0.05, 0) is 24.0 Å². The number of likely N-dealkylation sites (N-methyl/N-ethyl adjacent to an activating group) is 1. The number of benzene rings is 1. The SMILES string of the molecule is CCC(C)CN(C)C(=O)C(N)Cc1c[nH]c2ccccc12. The molecule has 1 aromatic heterocycles. The smallest absolute Gasteiger partial charge is 0.239 e. The highest BCUT2D eigenvalue weighted by Gasteiger charge is 2.20. The van der Waals surface area contributed by atoms with Crippen LogP contribution in [0.15, 0.2) is 30.5 Å². The minimum absolute atomic E-state index is 0.0144. The van der Waals surface area contributed by atoms with Gasteiger partial charge in [0.1, 0.15) is 0 Å². The summed E-state index contributed by atoms with van der Waals surface area (Å²) in [5.74, 6) is 0.514. The number of hydrogen-bond donors (Lipinski definition) is 2. The molecule has 4 nitrogen and oxygen atoms in total. The average Bonchev–Trinajstić information content (AvgIpc) is 2.89. The molecular weight excluding hydrogens is 262 g/mol. The van der Waals surface area contributed by atoms with Crippen LogP contribution < -0.4 is 5.73 Å². The zero-order chi connectivity index (χ0) is 15.4. The molecule has 2 aromatic rings. The first-order valence-electron chi connectivity index (χ1n) is 7.58. The molecule has 2 rings (SSSR count). The fourth-order valence-electron chi connectivity index (χ4n) is 2.59. The van der Waals surface area contributed by atoms with E-state index in [9.17, 15) is 4.79 Å². The number of para-hydroxylation sites is 1. The van der Waals surface area contributed by atoms with E-state index in [-0.39, 0.29) is 5.91 Å². The second kappa shape index (κ2) is 6.76. The Hall–Kier alpha value is -1.81. The number of nitrogens with zero attached hydrogens (tertiary/aromatic N) is 1. The molecule has 3 N–H and O–H groups in total. The molecule has 21 heavy (non-hydrogen) atoms. The van der Waals surface area contributed by atoms with Crippen LogP contribution in [0.3, 0.4) is 0 Å². The number of hydrogen-bond acceptors (Lipinski definition) is 2. The molecule has 0 aliphatic rings. The summed E-state index contributed by atoms with van der Waals surface area (Å²) in [4.78, 5) is 17.3. The summed E-state index contributed by atoms with van der Waals surface area (Å²) in [6, 6.07) is 7.59. The lowest BCUT2D eigenvalue weighted by Crippen LogP contribution is -2.44. The molecule has 1 amide bonds. The fourth-order valence-corrected chi connectivity index (χ4v) is 2.59. The Morgan fingerprint density at radius 3 is 2.81 bits per heavy atom. The third kappa shape index (κ3) is 3.64. The monoisotopic (exact) mass is 287 g/mol. The van der Waals surface area contributed by atoms with Gasteiger partial charge in [0, 0.05) is 30.7 Å². The Morgan fingerprint density at radius 2 is 2.10 bits per heavy atom. The molecule has 0 saturated heterocycles. The summed E-state index contributed by atoms with van der Waals surface area (Å²) >= 11 is 0. The highest BCUT2D eigenvalue weighted by Crippen LogP contribution is 2.19. The number of nitrogens with one attached hydrogen (secondary N) is 1. The minimum Gasteiger partial charge on any atom is -0.361 e. The number of fused-ring (bicyclic) bond motifs is 1. The summed E-state index contributed by atoms with van der Waals surface area (Å²) < 4.78 is 0. The summed E-state index contributed by atoms with van der Waals surface area (Å²) in [7, 11) is 1.84. The lowest BCUT2D eigenvalue weighted by Gasteiger charge is -2.24. The van der Waals surface area contributed by atoms with Gasteiger partial charge in [-0.3, -0.25) is 4.79 Å². The van der Waals surface area contributed by atoms with Gasteiger partial charge in [0.25, 0.3) is 0 Å². The number of aromatic amines is 1. The van der Waals surface area contributed by atoms with E-state index >= 15 is 0 Å². The van der Waals surface area contributed by atoms with Crippen molar-refractivity contribution in [3.8, 4) is 0 Å². The van der Waals surface area contributed by atoms with Crippen molar-refractivity contribution in [3.63, 3.8) is 0 Å². The Kier molecular flexibility index (Phi) is 5.02. The topological polar surface area (TPSA) is 62.1 Å². The van der Waals surface area contributed by atoms with E-state index in [4.69, 9.17) is 5.73 Å². The first kappa shape index (κ1) is 15.6. The molecular formula is C17H25N3O. The van der Waals surface area contributed by atoms with Crippen molar-refractivity contribution in [2.24, 2.45) is 11.7 Å². The normalized spacial score (nSPS) is 14.1. The highest BCUT2D eigenvalue weighted by atomic mass is 16.2. The lowest BCUT2D eigenvalue weighted by molar-refractivity contribution is -0.131. The number of nitrogens with two attached hydrogens (primary N) is 1. The minimum atomic E-state index is -0.488. The van der Waals surface area contributed by atoms with Gasteiger partial charge >= 0.3 is 0 Å². The van der Waals surface area contributed by atoms with Gasteiger partial charge in [0.15, 0.2) is 0 Å². The van der Waals surface area contributed by atoms with Gasteiger partial charge in [-0.15, -0.1) is 0 Å². The van der Waals surface area contributed by atoms with Crippen molar-refractivity contribution >= 4 is 16.8 Å². The number of H-pyrrole nitrogens is 1. The van der Waals surface area contributed by atoms with E-state index < -0.39 is 6.04 Å². The van der Waals surface area contributed by atoms with E-state index in [1.165, 1.54) is 0 Å². The Morgan fingerprint density at radius 1 is 1.38 bits per heavy atom. The Labute approximate surface area is 126 Å². The number of carbonyl (C=O) groups excluding carboxylic acids is 1. The van der Waals surface area contributed by atoms with Gasteiger partial charge in [-0.2, -0.15) is 0 Å². The van der Waals surface area contributed by atoms with Crippen molar-refractivity contribution in [1.82, 2.24) is 9.88 Å². The van der Waals surface area contributed by atoms with Crippen LogP contribution in [-0.4, -0.2) is 35.4 Å². The van der Waals surface area contributed by atoms with E-state index in [1.807, 2.05) is 31.4 Å². The van der Waals surface area contributed by atoms with Crippen LogP contribution in [0.2, 0.25) is 0 Å². The number of carbonyl (C=O) groups is 1. The van der Waals surface area contributed by atoms with Gasteiger partial charge < -0.3 is 15.6 Å². The predicted molar refractivity (Wildman–Crippen MR) is 87.1 cm³/mol. The van der Waals surface area contributed by atoms with Crippen molar-refractivity contribution in [3.05, 3.63) is 36.0 Å². The van der Waals surface area contributed by atoms with Crippen LogP contribution in [0.25, 0.3) is 10.9 Å². The number of aromatic nitrogens is 1. The molecule has 0 spiro atoms. The number of amides is 1. The number of rotatable bonds is 6. The van der Waals surface area contributed by atoms with Crippen LogP contribution in [-0.2, 0) is 11.2 Å². The van der Waals surface area contributed by atoms with Gasteiger partial charge in [-0.25, -0.2) is 0 Å². The van der Waals surface area contributed by atoms with E-state index in [0.29, 0.717) is 12.3 Å². The summed E-state index contributed by atoms with van der Waals surface area (Å²) in [6.07, 6.45) is 3.58. The van der Waals surface area contributed by atoms with E-state index in [2.05, 4.69) is 24.9 Å². The molecule has 2 unspecified atom stereocenters. The maximum absolute atomic E-state index is 12.3. The molecule has 0 bridgehead atoms. The average molecular weight is 287 g/mol. The lowest BCUT2D eigenvalue weighted by atomic mass is 10.0. The van der Waals surface area contributed by atoms with Crippen molar-refractivity contribution < 1.29 is 4.79 Å². The summed E-state index contributed by atoms with van der Waals surface area (Å²) in [5.41, 5.74) is 8.30. The predicted octanol–water partition coefficient (Wildman–Crippen LogP) is 2.54. The van der Waals surface area contributed by atoms with Crippen LogP contribution in [0, 0.1) is 5.92 Å². The summed E-state index contributed by atoms with van der Waals surface area (Å²) in [5, 5.41) is 1.14. The van der Waals surface area contributed by atoms with Crippen molar-refractivity contribution in [2.75, 3.05) is 13.6 Å². The maximum Gasteiger partial charge on any atom is 0.239 e. The van der Waals surface area contributed by atoms with Crippen LogP contribution in [0.4, 0.5) is 0 Å². The quantitative estimate of drug-likeness (QED) is 0.857. The Bertz CT molecular complexity index is 605. The highest BCUT2D eigenvalue weighted by molar-refractivity contribution is 5.86. The van der Waals surface area contributed by atoms with Gasteiger partial charge in [0.05, 0.1) is 6.04 Å². The first-order chi connectivity index (χ1) is 10.0. The molecule has 0 aliphatic heterocycles.